The fourth-order valence-corrected chi connectivity index (χ4v) is 4.16. The summed E-state index contributed by atoms with van der Waals surface area (Å²) >= 11 is 0. The van der Waals surface area contributed by atoms with E-state index in [4.69, 9.17) is 9.26 Å². The summed E-state index contributed by atoms with van der Waals surface area (Å²) in [7, 11) is 0. The van der Waals surface area contributed by atoms with Crippen LogP contribution < -0.4 is 10.1 Å². The van der Waals surface area contributed by atoms with E-state index in [-0.39, 0.29) is 11.9 Å². The first kappa shape index (κ1) is 23.0. The average molecular weight is 450 g/mol. The highest BCUT2D eigenvalue weighted by Crippen LogP contribution is 2.19. The third-order valence-electron chi connectivity index (χ3n) is 6.14. The summed E-state index contributed by atoms with van der Waals surface area (Å²) in [6.45, 7) is 6.41. The van der Waals surface area contributed by atoms with Crippen molar-refractivity contribution in [3.63, 3.8) is 0 Å². The van der Waals surface area contributed by atoms with Gasteiger partial charge in [-0.15, -0.1) is 0 Å². The second-order valence-electron chi connectivity index (χ2n) is 8.63. The van der Waals surface area contributed by atoms with Crippen LogP contribution in [-0.2, 0) is 13.2 Å². The lowest BCUT2D eigenvalue weighted by molar-refractivity contribution is 0.0798. The lowest BCUT2D eigenvalue weighted by Crippen LogP contribution is -2.48. The molecule has 0 bridgehead atoms. The van der Waals surface area contributed by atoms with Crippen molar-refractivity contribution < 1.29 is 19.2 Å². The van der Waals surface area contributed by atoms with Crippen molar-refractivity contribution in [2.45, 2.75) is 52.0 Å². The van der Waals surface area contributed by atoms with Gasteiger partial charge in [0.05, 0.1) is 23.4 Å². The molecule has 0 radical (unpaired) electrons. The molecule has 2 unspecified atom stereocenters. The van der Waals surface area contributed by atoms with Crippen molar-refractivity contribution in [3.8, 4) is 5.75 Å². The van der Waals surface area contributed by atoms with E-state index < -0.39 is 6.10 Å². The van der Waals surface area contributed by atoms with E-state index >= 15 is 0 Å². The molecule has 33 heavy (non-hydrogen) atoms. The minimum atomic E-state index is -0.563. The molecule has 1 aliphatic rings. The number of nitrogens with zero attached hydrogens (tertiary/aromatic N) is 2. The third-order valence-corrected chi connectivity index (χ3v) is 6.14. The first-order chi connectivity index (χ1) is 16.0. The third kappa shape index (κ3) is 6.00. The second-order valence-corrected chi connectivity index (χ2v) is 8.63. The predicted molar refractivity (Wildman–Crippen MR) is 125 cm³/mol. The number of aryl methyl sites for hydroxylation is 2. The Morgan fingerprint density at radius 1 is 1.18 bits per heavy atom. The van der Waals surface area contributed by atoms with Gasteiger partial charge in [0.15, 0.2) is 0 Å². The highest BCUT2D eigenvalue weighted by molar-refractivity contribution is 5.94. The van der Waals surface area contributed by atoms with Gasteiger partial charge in [-0.2, -0.15) is 0 Å². The fraction of sp³-hybridized carbons (Fsp3) is 0.385. The van der Waals surface area contributed by atoms with Crippen LogP contribution in [0.1, 0.15) is 45.8 Å². The number of hydrogen-bond acceptors (Lipinski definition) is 6. The van der Waals surface area contributed by atoms with Crippen molar-refractivity contribution >= 4 is 5.91 Å². The molecule has 2 heterocycles. The monoisotopic (exact) mass is 449 g/mol. The summed E-state index contributed by atoms with van der Waals surface area (Å²) in [4.78, 5) is 15.2. The van der Waals surface area contributed by atoms with Crippen LogP contribution in [0, 0.1) is 13.8 Å². The SMILES string of the molecule is Cc1noc(C)c1COc1ccc(C(=O)NC2CN(Cc3ccccc3)CCCC2O)cc1. The zero-order chi connectivity index (χ0) is 23.2. The van der Waals surface area contributed by atoms with Crippen LogP contribution in [0.4, 0.5) is 0 Å². The van der Waals surface area contributed by atoms with Gasteiger partial charge in [-0.25, -0.2) is 0 Å². The number of nitrogens with one attached hydrogen (secondary N) is 1. The normalized spacial score (nSPS) is 19.1. The van der Waals surface area contributed by atoms with Crippen molar-refractivity contribution in [2.24, 2.45) is 0 Å². The summed E-state index contributed by atoms with van der Waals surface area (Å²) in [6.07, 6.45) is 1.01. The van der Waals surface area contributed by atoms with Crippen LogP contribution in [0.15, 0.2) is 59.1 Å². The zero-order valence-electron chi connectivity index (χ0n) is 19.2. The summed E-state index contributed by atoms with van der Waals surface area (Å²) in [5.41, 5.74) is 3.50. The molecular formula is C26H31N3O4. The number of benzene rings is 2. The number of aliphatic hydroxyl groups is 1. The maximum atomic E-state index is 12.9. The highest BCUT2D eigenvalue weighted by atomic mass is 16.5. The van der Waals surface area contributed by atoms with Crippen LogP contribution >= 0.6 is 0 Å². The van der Waals surface area contributed by atoms with Gasteiger partial charge < -0.3 is 19.7 Å². The molecule has 1 saturated heterocycles. The van der Waals surface area contributed by atoms with Gasteiger partial charge in [0.2, 0.25) is 0 Å². The number of hydrogen-bond donors (Lipinski definition) is 2. The highest BCUT2D eigenvalue weighted by Gasteiger charge is 2.27. The van der Waals surface area contributed by atoms with Crippen molar-refractivity contribution in [1.82, 2.24) is 15.4 Å². The van der Waals surface area contributed by atoms with Crippen LogP contribution in [0.3, 0.4) is 0 Å². The topological polar surface area (TPSA) is 87.8 Å². The Morgan fingerprint density at radius 3 is 2.64 bits per heavy atom. The maximum absolute atomic E-state index is 12.9. The molecule has 174 valence electrons. The van der Waals surface area contributed by atoms with Gasteiger partial charge in [0, 0.05) is 18.7 Å². The lowest BCUT2D eigenvalue weighted by atomic mass is 10.1. The van der Waals surface area contributed by atoms with E-state index in [0.717, 1.165) is 36.5 Å². The molecule has 1 aliphatic heterocycles. The number of aliphatic hydroxyl groups excluding tert-OH is 1. The number of ether oxygens (including phenoxy) is 1. The van der Waals surface area contributed by atoms with E-state index in [2.05, 4.69) is 27.5 Å². The first-order valence-corrected chi connectivity index (χ1v) is 11.4. The molecule has 0 saturated carbocycles. The van der Waals surface area contributed by atoms with Gasteiger partial charge in [0.1, 0.15) is 18.1 Å². The number of likely N-dealkylation sites (tertiary alicyclic amines) is 1. The van der Waals surface area contributed by atoms with Crippen LogP contribution in [0.2, 0.25) is 0 Å². The predicted octanol–water partition coefficient (Wildman–Crippen LogP) is 3.63. The Labute approximate surface area is 194 Å². The van der Waals surface area contributed by atoms with E-state index in [9.17, 15) is 9.90 Å². The number of aromatic nitrogens is 1. The first-order valence-electron chi connectivity index (χ1n) is 11.4. The Balaban J connectivity index is 1.34. The van der Waals surface area contributed by atoms with E-state index in [1.165, 1.54) is 5.56 Å². The number of carbonyl (C=O) groups excluding carboxylic acids is 1. The van der Waals surface area contributed by atoms with Crippen LogP contribution in [0.5, 0.6) is 5.75 Å². The van der Waals surface area contributed by atoms with Gasteiger partial charge in [-0.3, -0.25) is 9.69 Å². The number of carbonyl (C=O) groups is 1. The smallest absolute Gasteiger partial charge is 0.251 e. The molecule has 0 aliphatic carbocycles. The van der Waals surface area contributed by atoms with Crippen molar-refractivity contribution in [1.29, 1.82) is 0 Å². The maximum Gasteiger partial charge on any atom is 0.251 e. The molecule has 2 N–H and O–H groups in total. The van der Waals surface area contributed by atoms with Crippen molar-refractivity contribution in [2.75, 3.05) is 13.1 Å². The molecule has 7 heteroatoms. The lowest BCUT2D eigenvalue weighted by Gasteiger charge is -2.27. The number of rotatable bonds is 7. The molecule has 0 spiro atoms. The van der Waals surface area contributed by atoms with Crippen LogP contribution in [-0.4, -0.2) is 46.3 Å². The number of amides is 1. The summed E-state index contributed by atoms with van der Waals surface area (Å²) < 4.78 is 11.0. The van der Waals surface area contributed by atoms with E-state index in [1.54, 1.807) is 24.3 Å². The van der Waals surface area contributed by atoms with Crippen LogP contribution in [0.25, 0.3) is 0 Å². The molecule has 2 aromatic carbocycles. The van der Waals surface area contributed by atoms with Gasteiger partial charge >= 0.3 is 0 Å². The average Bonchev–Trinajstić information content (AvgIpc) is 3.04. The molecule has 1 fully saturated rings. The molecule has 1 aromatic heterocycles. The second kappa shape index (κ2) is 10.6. The van der Waals surface area contributed by atoms with Gasteiger partial charge in [-0.05, 0) is 63.1 Å². The molecule has 7 nitrogen and oxygen atoms in total. The Bertz CT molecular complexity index is 1030. The van der Waals surface area contributed by atoms with Gasteiger partial charge in [-0.1, -0.05) is 35.5 Å². The molecular weight excluding hydrogens is 418 g/mol. The molecule has 2 atom stereocenters. The molecule has 3 aromatic rings. The van der Waals surface area contributed by atoms with Gasteiger partial charge in [0.25, 0.3) is 5.91 Å². The standard InChI is InChI=1S/C26H31N3O4/c1-18-23(19(2)33-28-18)17-32-22-12-10-21(11-13-22)26(31)27-24-16-29(14-6-9-25(24)30)15-20-7-4-3-5-8-20/h3-5,7-8,10-13,24-25,30H,6,9,14-17H2,1-2H3,(H,27,31). The molecule has 4 rings (SSSR count). The fourth-order valence-electron chi connectivity index (χ4n) is 4.16. The van der Waals surface area contributed by atoms with Crippen molar-refractivity contribution in [3.05, 3.63) is 82.7 Å². The van der Waals surface area contributed by atoms with E-state index in [0.29, 0.717) is 30.9 Å². The largest absolute Gasteiger partial charge is 0.489 e. The summed E-state index contributed by atoms with van der Waals surface area (Å²) in [5, 5.41) is 17.6. The zero-order valence-corrected chi connectivity index (χ0v) is 19.2. The quantitative estimate of drug-likeness (QED) is 0.573. The van der Waals surface area contributed by atoms with E-state index in [1.807, 2.05) is 32.0 Å². The summed E-state index contributed by atoms with van der Waals surface area (Å²) in [5.74, 6) is 1.21. The minimum Gasteiger partial charge on any atom is -0.489 e. The molecule has 1 amide bonds. The summed E-state index contributed by atoms with van der Waals surface area (Å²) in [6, 6.07) is 17.0. The Morgan fingerprint density at radius 2 is 1.94 bits per heavy atom. The Hall–Kier alpha value is -3.16. The minimum absolute atomic E-state index is 0.196. The Kier molecular flexibility index (Phi) is 7.42.